The van der Waals surface area contributed by atoms with E-state index >= 15 is 0 Å². The van der Waals surface area contributed by atoms with Crippen LogP contribution in [0.3, 0.4) is 0 Å². The third kappa shape index (κ3) is 5.02. The summed E-state index contributed by atoms with van der Waals surface area (Å²) < 4.78 is 5.16. The highest BCUT2D eigenvalue weighted by Crippen LogP contribution is 2.19. The molecule has 0 saturated carbocycles. The van der Waals surface area contributed by atoms with Gasteiger partial charge in [-0.3, -0.25) is 0 Å². The number of ether oxygens (including phenoxy) is 1. The fraction of sp³-hybridized carbons (Fsp3) is 0.625. The van der Waals surface area contributed by atoms with Crippen LogP contribution in [-0.4, -0.2) is 44.5 Å². The van der Waals surface area contributed by atoms with Gasteiger partial charge in [0.15, 0.2) is 0 Å². The van der Waals surface area contributed by atoms with Crippen molar-refractivity contribution in [2.45, 2.75) is 32.2 Å². The molecule has 0 saturated heterocycles. The van der Waals surface area contributed by atoms with Crippen LogP contribution in [-0.2, 0) is 0 Å². The minimum absolute atomic E-state index is 0.156. The van der Waals surface area contributed by atoms with Gasteiger partial charge in [-0.25, -0.2) is 0 Å². The van der Waals surface area contributed by atoms with Gasteiger partial charge in [0, 0.05) is 24.8 Å². The van der Waals surface area contributed by atoms with Crippen molar-refractivity contribution >= 4 is 5.69 Å². The molecule has 114 valence electrons. The van der Waals surface area contributed by atoms with E-state index < -0.39 is 0 Å². The van der Waals surface area contributed by atoms with E-state index in [0.717, 1.165) is 37.4 Å². The standard InChI is InChI=1S/C16H28N2O2/c1-5-11-17-16(2,13-19)10-12-18(3)14-6-8-15(20-4)9-7-14/h6-9,17,19H,5,10-13H2,1-4H3. The van der Waals surface area contributed by atoms with Crippen LogP contribution in [0.15, 0.2) is 24.3 Å². The maximum absolute atomic E-state index is 9.57. The number of nitrogens with zero attached hydrogens (tertiary/aromatic N) is 1. The van der Waals surface area contributed by atoms with Gasteiger partial charge < -0.3 is 20.1 Å². The van der Waals surface area contributed by atoms with Crippen LogP contribution in [0.5, 0.6) is 5.75 Å². The van der Waals surface area contributed by atoms with Gasteiger partial charge in [-0.05, 0) is 50.6 Å². The Hall–Kier alpha value is -1.26. The minimum Gasteiger partial charge on any atom is -0.497 e. The molecule has 0 bridgehead atoms. The number of aliphatic hydroxyl groups is 1. The number of nitrogens with one attached hydrogen (secondary N) is 1. The lowest BCUT2D eigenvalue weighted by Gasteiger charge is -2.31. The van der Waals surface area contributed by atoms with E-state index in [-0.39, 0.29) is 12.1 Å². The zero-order valence-corrected chi connectivity index (χ0v) is 13.1. The van der Waals surface area contributed by atoms with Gasteiger partial charge in [0.05, 0.1) is 13.7 Å². The molecular weight excluding hydrogens is 252 g/mol. The third-order valence-electron chi connectivity index (χ3n) is 3.66. The predicted molar refractivity (Wildman–Crippen MR) is 84.7 cm³/mol. The first-order valence-corrected chi connectivity index (χ1v) is 7.25. The number of aliphatic hydroxyl groups excluding tert-OH is 1. The van der Waals surface area contributed by atoms with E-state index in [1.54, 1.807) is 7.11 Å². The molecule has 0 radical (unpaired) electrons. The molecule has 0 aliphatic carbocycles. The lowest BCUT2D eigenvalue weighted by molar-refractivity contribution is 0.168. The average molecular weight is 280 g/mol. The summed E-state index contributed by atoms with van der Waals surface area (Å²) in [4.78, 5) is 2.20. The molecule has 2 N–H and O–H groups in total. The monoisotopic (exact) mass is 280 g/mol. The topological polar surface area (TPSA) is 44.7 Å². The first-order chi connectivity index (χ1) is 9.54. The smallest absolute Gasteiger partial charge is 0.119 e. The molecule has 1 rings (SSSR count). The van der Waals surface area contributed by atoms with Crippen molar-refractivity contribution in [3.8, 4) is 5.75 Å². The second-order valence-electron chi connectivity index (χ2n) is 5.52. The van der Waals surface area contributed by atoms with Gasteiger partial charge in [-0.2, -0.15) is 0 Å². The Kier molecular flexibility index (Phi) is 6.82. The summed E-state index contributed by atoms with van der Waals surface area (Å²) in [6.45, 7) is 6.19. The van der Waals surface area contributed by atoms with Gasteiger partial charge in [0.2, 0.25) is 0 Å². The molecule has 4 nitrogen and oxygen atoms in total. The summed E-state index contributed by atoms with van der Waals surface area (Å²) >= 11 is 0. The van der Waals surface area contributed by atoms with Crippen molar-refractivity contribution in [1.82, 2.24) is 5.32 Å². The summed E-state index contributed by atoms with van der Waals surface area (Å²) in [5.74, 6) is 0.868. The molecule has 4 heteroatoms. The van der Waals surface area contributed by atoms with Crippen molar-refractivity contribution in [2.24, 2.45) is 0 Å². The van der Waals surface area contributed by atoms with Crippen LogP contribution < -0.4 is 15.0 Å². The Morgan fingerprint density at radius 1 is 1.30 bits per heavy atom. The molecule has 1 aromatic carbocycles. The quantitative estimate of drug-likeness (QED) is 0.728. The maximum Gasteiger partial charge on any atom is 0.119 e. The van der Waals surface area contributed by atoms with Gasteiger partial charge in [0.25, 0.3) is 0 Å². The average Bonchev–Trinajstić information content (AvgIpc) is 2.50. The normalized spacial score (nSPS) is 13.8. The van der Waals surface area contributed by atoms with Crippen molar-refractivity contribution in [2.75, 3.05) is 38.8 Å². The Labute approximate surface area is 122 Å². The molecule has 0 amide bonds. The summed E-state index contributed by atoms with van der Waals surface area (Å²) in [7, 11) is 3.74. The molecule has 0 aliphatic heterocycles. The highest BCUT2D eigenvalue weighted by atomic mass is 16.5. The van der Waals surface area contributed by atoms with Crippen LogP contribution in [0.25, 0.3) is 0 Å². The number of methoxy groups -OCH3 is 1. The molecule has 0 aliphatic rings. The van der Waals surface area contributed by atoms with Crippen molar-refractivity contribution in [3.63, 3.8) is 0 Å². The summed E-state index contributed by atoms with van der Waals surface area (Å²) in [6, 6.07) is 8.03. The Morgan fingerprint density at radius 3 is 2.45 bits per heavy atom. The number of hydrogen-bond acceptors (Lipinski definition) is 4. The van der Waals surface area contributed by atoms with Gasteiger partial charge in [-0.15, -0.1) is 0 Å². The second kappa shape index (κ2) is 8.12. The fourth-order valence-corrected chi connectivity index (χ4v) is 2.03. The Bertz CT molecular complexity index is 381. The van der Waals surface area contributed by atoms with Crippen molar-refractivity contribution in [3.05, 3.63) is 24.3 Å². The summed E-state index contributed by atoms with van der Waals surface area (Å²) in [6.07, 6.45) is 1.97. The van der Waals surface area contributed by atoms with E-state index in [4.69, 9.17) is 4.74 Å². The van der Waals surface area contributed by atoms with Crippen molar-refractivity contribution in [1.29, 1.82) is 0 Å². The van der Waals surface area contributed by atoms with Gasteiger partial charge >= 0.3 is 0 Å². The van der Waals surface area contributed by atoms with Crippen LogP contribution in [0.1, 0.15) is 26.7 Å². The molecule has 0 heterocycles. The summed E-state index contributed by atoms with van der Waals surface area (Å²) in [5.41, 5.74) is 0.943. The molecular formula is C16H28N2O2. The van der Waals surface area contributed by atoms with E-state index in [1.807, 2.05) is 12.1 Å². The minimum atomic E-state index is -0.212. The number of rotatable bonds is 9. The maximum atomic E-state index is 9.57. The van der Waals surface area contributed by atoms with Crippen LogP contribution in [0.2, 0.25) is 0 Å². The third-order valence-corrected chi connectivity index (χ3v) is 3.66. The SMILES string of the molecule is CCCNC(C)(CO)CCN(C)c1ccc(OC)cc1. The van der Waals surface area contributed by atoms with Crippen LogP contribution in [0, 0.1) is 0 Å². The number of anilines is 1. The molecule has 1 atom stereocenters. The van der Waals surface area contributed by atoms with E-state index in [0.29, 0.717) is 0 Å². The largest absolute Gasteiger partial charge is 0.497 e. The predicted octanol–water partition coefficient (Wildman–Crippen LogP) is 2.27. The molecule has 0 fully saturated rings. The molecule has 1 unspecified atom stereocenters. The number of hydrogen-bond donors (Lipinski definition) is 2. The zero-order valence-electron chi connectivity index (χ0n) is 13.1. The lowest BCUT2D eigenvalue weighted by atomic mass is 9.98. The fourth-order valence-electron chi connectivity index (χ4n) is 2.03. The zero-order chi connectivity index (χ0) is 15.0. The highest BCUT2D eigenvalue weighted by molar-refractivity contribution is 5.48. The van der Waals surface area contributed by atoms with Gasteiger partial charge in [0.1, 0.15) is 5.75 Å². The Morgan fingerprint density at radius 2 is 1.95 bits per heavy atom. The van der Waals surface area contributed by atoms with Crippen LogP contribution in [0.4, 0.5) is 5.69 Å². The highest BCUT2D eigenvalue weighted by Gasteiger charge is 2.22. The van der Waals surface area contributed by atoms with E-state index in [2.05, 4.69) is 43.2 Å². The molecule has 20 heavy (non-hydrogen) atoms. The second-order valence-corrected chi connectivity index (χ2v) is 5.52. The molecule has 1 aromatic rings. The molecule has 0 aromatic heterocycles. The Balaban J connectivity index is 2.53. The lowest BCUT2D eigenvalue weighted by Crippen LogP contribution is -2.48. The first-order valence-electron chi connectivity index (χ1n) is 7.25. The first kappa shape index (κ1) is 16.8. The molecule has 0 spiro atoms. The number of benzene rings is 1. The van der Waals surface area contributed by atoms with Crippen LogP contribution >= 0.6 is 0 Å². The van der Waals surface area contributed by atoms with E-state index in [1.165, 1.54) is 0 Å². The van der Waals surface area contributed by atoms with E-state index in [9.17, 15) is 5.11 Å². The van der Waals surface area contributed by atoms with Crippen molar-refractivity contribution < 1.29 is 9.84 Å². The van der Waals surface area contributed by atoms with Gasteiger partial charge in [-0.1, -0.05) is 6.92 Å². The summed E-state index contributed by atoms with van der Waals surface area (Å²) in [5, 5.41) is 13.0.